The summed E-state index contributed by atoms with van der Waals surface area (Å²) < 4.78 is 5.25. The van der Waals surface area contributed by atoms with Crippen LogP contribution in [0, 0.1) is 0 Å². The molecule has 0 aromatic carbocycles. The maximum atomic E-state index is 9.56. The van der Waals surface area contributed by atoms with E-state index in [-0.39, 0.29) is 0 Å². The standard InChI is InChI=1S/C9H18O4/c1-3-4-6(10)9-8(12)7(11)5(2)13-9/h5-12H,3-4H2,1-2H3/t5-,6+,7-,8-,9+/m0/s1. The van der Waals surface area contributed by atoms with Gasteiger partial charge in [0.15, 0.2) is 0 Å². The van der Waals surface area contributed by atoms with Crippen molar-refractivity contribution in [2.75, 3.05) is 0 Å². The first-order valence-electron chi connectivity index (χ1n) is 4.77. The smallest absolute Gasteiger partial charge is 0.112 e. The van der Waals surface area contributed by atoms with Crippen molar-refractivity contribution in [1.82, 2.24) is 0 Å². The second-order valence-corrected chi connectivity index (χ2v) is 3.64. The topological polar surface area (TPSA) is 69.9 Å². The molecule has 3 N–H and O–H groups in total. The molecule has 0 saturated carbocycles. The van der Waals surface area contributed by atoms with Crippen LogP contribution in [0.3, 0.4) is 0 Å². The number of hydrogen-bond acceptors (Lipinski definition) is 4. The first-order chi connectivity index (χ1) is 6.07. The normalized spacial score (nSPS) is 42.2. The van der Waals surface area contributed by atoms with Gasteiger partial charge in [-0.1, -0.05) is 13.3 Å². The molecule has 0 radical (unpaired) electrons. The molecule has 0 bridgehead atoms. The highest BCUT2D eigenvalue weighted by Crippen LogP contribution is 2.24. The summed E-state index contributed by atoms with van der Waals surface area (Å²) in [5, 5.41) is 28.4. The summed E-state index contributed by atoms with van der Waals surface area (Å²) in [5.74, 6) is 0. The summed E-state index contributed by atoms with van der Waals surface area (Å²) in [5.41, 5.74) is 0. The summed E-state index contributed by atoms with van der Waals surface area (Å²) >= 11 is 0. The van der Waals surface area contributed by atoms with E-state index in [0.29, 0.717) is 6.42 Å². The molecular formula is C9H18O4. The largest absolute Gasteiger partial charge is 0.390 e. The lowest BCUT2D eigenvalue weighted by Gasteiger charge is -2.20. The molecule has 1 aliphatic rings. The lowest BCUT2D eigenvalue weighted by atomic mass is 10.0. The van der Waals surface area contributed by atoms with Crippen LogP contribution in [-0.2, 0) is 4.74 Å². The van der Waals surface area contributed by atoms with Crippen molar-refractivity contribution in [2.24, 2.45) is 0 Å². The van der Waals surface area contributed by atoms with Gasteiger partial charge in [0, 0.05) is 0 Å². The van der Waals surface area contributed by atoms with Crippen molar-refractivity contribution in [3.05, 3.63) is 0 Å². The predicted octanol–water partition coefficient (Wildman–Crippen LogP) is -0.343. The van der Waals surface area contributed by atoms with Gasteiger partial charge in [-0.2, -0.15) is 0 Å². The van der Waals surface area contributed by atoms with Crippen LogP contribution in [0.4, 0.5) is 0 Å². The molecule has 4 nitrogen and oxygen atoms in total. The Kier molecular flexibility index (Phi) is 3.67. The second kappa shape index (κ2) is 4.37. The maximum Gasteiger partial charge on any atom is 0.112 e. The summed E-state index contributed by atoms with van der Waals surface area (Å²) in [4.78, 5) is 0. The number of ether oxygens (including phenoxy) is 1. The molecule has 0 aliphatic carbocycles. The van der Waals surface area contributed by atoms with Crippen LogP contribution < -0.4 is 0 Å². The van der Waals surface area contributed by atoms with Crippen LogP contribution in [-0.4, -0.2) is 45.8 Å². The Labute approximate surface area is 78.1 Å². The Morgan fingerprint density at radius 1 is 1.31 bits per heavy atom. The molecule has 13 heavy (non-hydrogen) atoms. The van der Waals surface area contributed by atoms with Crippen LogP contribution in [0.2, 0.25) is 0 Å². The third-order valence-corrected chi connectivity index (χ3v) is 2.50. The van der Waals surface area contributed by atoms with Gasteiger partial charge in [0.1, 0.15) is 18.3 Å². The quantitative estimate of drug-likeness (QED) is 0.569. The first-order valence-corrected chi connectivity index (χ1v) is 4.77. The summed E-state index contributed by atoms with van der Waals surface area (Å²) in [6.45, 7) is 3.64. The van der Waals surface area contributed by atoms with E-state index in [1.165, 1.54) is 0 Å². The van der Waals surface area contributed by atoms with Crippen molar-refractivity contribution < 1.29 is 20.1 Å². The van der Waals surface area contributed by atoms with E-state index in [1.54, 1.807) is 6.92 Å². The molecule has 1 rings (SSSR count). The molecule has 1 fully saturated rings. The van der Waals surface area contributed by atoms with Gasteiger partial charge in [-0.15, -0.1) is 0 Å². The van der Waals surface area contributed by atoms with Gasteiger partial charge in [0.25, 0.3) is 0 Å². The van der Waals surface area contributed by atoms with Crippen molar-refractivity contribution >= 4 is 0 Å². The summed E-state index contributed by atoms with van der Waals surface area (Å²) in [6, 6.07) is 0. The van der Waals surface area contributed by atoms with Gasteiger partial charge in [0.2, 0.25) is 0 Å². The van der Waals surface area contributed by atoms with E-state index >= 15 is 0 Å². The molecule has 1 heterocycles. The van der Waals surface area contributed by atoms with Crippen LogP contribution in [0.1, 0.15) is 26.7 Å². The van der Waals surface area contributed by atoms with Crippen LogP contribution in [0.25, 0.3) is 0 Å². The number of aliphatic hydroxyl groups is 3. The molecule has 4 heteroatoms. The molecule has 78 valence electrons. The average Bonchev–Trinajstić information content (AvgIpc) is 2.33. The number of rotatable bonds is 3. The third-order valence-electron chi connectivity index (χ3n) is 2.50. The summed E-state index contributed by atoms with van der Waals surface area (Å²) in [7, 11) is 0. The zero-order valence-corrected chi connectivity index (χ0v) is 8.05. The lowest BCUT2D eigenvalue weighted by Crippen LogP contribution is -2.38. The van der Waals surface area contributed by atoms with Crippen molar-refractivity contribution in [1.29, 1.82) is 0 Å². The highest BCUT2D eigenvalue weighted by atomic mass is 16.6. The van der Waals surface area contributed by atoms with Crippen molar-refractivity contribution in [3.8, 4) is 0 Å². The van der Waals surface area contributed by atoms with E-state index in [0.717, 1.165) is 6.42 Å². The monoisotopic (exact) mass is 190 g/mol. The fraction of sp³-hybridized carbons (Fsp3) is 1.00. The van der Waals surface area contributed by atoms with Crippen LogP contribution >= 0.6 is 0 Å². The van der Waals surface area contributed by atoms with Crippen LogP contribution in [0.15, 0.2) is 0 Å². The molecule has 0 amide bonds. The zero-order chi connectivity index (χ0) is 10.0. The SMILES string of the molecule is CCC[C@@H](O)[C@H]1O[C@@H](C)[C@H](O)[C@@H]1O. The maximum absolute atomic E-state index is 9.56. The van der Waals surface area contributed by atoms with Gasteiger partial charge < -0.3 is 20.1 Å². The Bertz CT molecular complexity index is 162. The zero-order valence-electron chi connectivity index (χ0n) is 8.05. The van der Waals surface area contributed by atoms with Crippen molar-refractivity contribution in [2.45, 2.75) is 57.2 Å². The van der Waals surface area contributed by atoms with Gasteiger partial charge in [0.05, 0.1) is 12.2 Å². The van der Waals surface area contributed by atoms with Gasteiger partial charge in [-0.3, -0.25) is 0 Å². The molecule has 0 spiro atoms. The summed E-state index contributed by atoms with van der Waals surface area (Å²) in [6.07, 6.45) is -2.14. The van der Waals surface area contributed by atoms with E-state index in [1.807, 2.05) is 6.92 Å². The molecule has 5 atom stereocenters. The number of aliphatic hydroxyl groups excluding tert-OH is 3. The molecular weight excluding hydrogens is 172 g/mol. The van der Waals surface area contributed by atoms with Crippen LogP contribution in [0.5, 0.6) is 0 Å². The van der Waals surface area contributed by atoms with Gasteiger partial charge in [-0.05, 0) is 13.3 Å². The lowest BCUT2D eigenvalue weighted by molar-refractivity contribution is -0.0645. The molecule has 1 saturated heterocycles. The number of hydrogen-bond donors (Lipinski definition) is 3. The fourth-order valence-electron chi connectivity index (χ4n) is 1.66. The predicted molar refractivity (Wildman–Crippen MR) is 47.3 cm³/mol. The van der Waals surface area contributed by atoms with E-state index in [2.05, 4.69) is 0 Å². The Balaban J connectivity index is 2.52. The van der Waals surface area contributed by atoms with E-state index < -0.39 is 30.5 Å². The van der Waals surface area contributed by atoms with Gasteiger partial charge >= 0.3 is 0 Å². The minimum atomic E-state index is -0.962. The Hall–Kier alpha value is -0.160. The highest BCUT2D eigenvalue weighted by molar-refractivity contribution is 4.91. The van der Waals surface area contributed by atoms with Gasteiger partial charge in [-0.25, -0.2) is 0 Å². The van der Waals surface area contributed by atoms with E-state index in [9.17, 15) is 15.3 Å². The Morgan fingerprint density at radius 3 is 2.31 bits per heavy atom. The minimum absolute atomic E-state index is 0.397. The van der Waals surface area contributed by atoms with Crippen molar-refractivity contribution in [3.63, 3.8) is 0 Å². The average molecular weight is 190 g/mol. The molecule has 0 unspecified atom stereocenters. The molecule has 0 aromatic heterocycles. The third kappa shape index (κ3) is 2.20. The molecule has 0 aromatic rings. The minimum Gasteiger partial charge on any atom is -0.390 e. The second-order valence-electron chi connectivity index (χ2n) is 3.64. The Morgan fingerprint density at radius 2 is 1.92 bits per heavy atom. The van der Waals surface area contributed by atoms with E-state index in [4.69, 9.17) is 4.74 Å². The highest BCUT2D eigenvalue weighted by Gasteiger charge is 2.43. The molecule has 1 aliphatic heterocycles. The fourth-order valence-corrected chi connectivity index (χ4v) is 1.66. The first kappa shape index (κ1) is 10.9.